The molecule has 0 radical (unpaired) electrons. The molecule has 0 spiro atoms. The van der Waals surface area contributed by atoms with Crippen LogP contribution in [0.2, 0.25) is 0 Å². The van der Waals surface area contributed by atoms with Crippen molar-refractivity contribution in [2.24, 2.45) is 5.92 Å². The monoisotopic (exact) mass is 535 g/mol. The van der Waals surface area contributed by atoms with Crippen LogP contribution in [0.3, 0.4) is 0 Å². The predicted octanol–water partition coefficient (Wildman–Crippen LogP) is 3.86. The Bertz CT molecular complexity index is 1270. The second-order valence-electron chi connectivity index (χ2n) is 9.87. The SMILES string of the molecule is CC(C)CNC(=O)C(Cc1ccccc1)N(Cc1ccccc1)C(=O)CN(Cc1ccccc1)S(C)(=O)=O. The number of benzene rings is 3. The van der Waals surface area contributed by atoms with Gasteiger partial charge in [0.05, 0.1) is 12.8 Å². The number of sulfonamides is 1. The highest BCUT2D eigenvalue weighted by atomic mass is 32.2. The molecule has 0 aliphatic rings. The van der Waals surface area contributed by atoms with Gasteiger partial charge in [0.25, 0.3) is 0 Å². The van der Waals surface area contributed by atoms with Gasteiger partial charge in [-0.25, -0.2) is 8.42 Å². The summed E-state index contributed by atoms with van der Waals surface area (Å²) in [4.78, 5) is 28.9. The van der Waals surface area contributed by atoms with Crippen LogP contribution in [-0.2, 0) is 39.1 Å². The fourth-order valence-electron chi connectivity index (χ4n) is 4.08. The highest BCUT2D eigenvalue weighted by molar-refractivity contribution is 7.88. The third-order valence-electron chi connectivity index (χ3n) is 6.13. The van der Waals surface area contributed by atoms with Gasteiger partial charge in [0, 0.05) is 26.1 Å². The van der Waals surface area contributed by atoms with Gasteiger partial charge in [0.1, 0.15) is 6.04 Å². The minimum absolute atomic E-state index is 0.0630. The maximum Gasteiger partial charge on any atom is 0.243 e. The molecule has 1 atom stereocenters. The smallest absolute Gasteiger partial charge is 0.243 e. The summed E-state index contributed by atoms with van der Waals surface area (Å²) < 4.78 is 26.6. The molecule has 202 valence electrons. The van der Waals surface area contributed by atoms with Gasteiger partial charge in [-0.15, -0.1) is 0 Å². The van der Waals surface area contributed by atoms with Crippen LogP contribution in [0.25, 0.3) is 0 Å². The Balaban J connectivity index is 1.96. The van der Waals surface area contributed by atoms with Crippen molar-refractivity contribution in [2.75, 3.05) is 19.3 Å². The number of nitrogens with one attached hydrogen (secondary N) is 1. The number of carbonyl (C=O) groups excluding carboxylic acids is 2. The number of carbonyl (C=O) groups is 2. The Labute approximate surface area is 226 Å². The summed E-state index contributed by atoms with van der Waals surface area (Å²) in [6, 6.07) is 27.3. The Morgan fingerprint density at radius 3 is 1.71 bits per heavy atom. The van der Waals surface area contributed by atoms with Crippen LogP contribution < -0.4 is 5.32 Å². The van der Waals surface area contributed by atoms with Crippen LogP contribution in [0.5, 0.6) is 0 Å². The van der Waals surface area contributed by atoms with Gasteiger partial charge in [-0.2, -0.15) is 4.31 Å². The first-order chi connectivity index (χ1) is 18.1. The van der Waals surface area contributed by atoms with E-state index in [1.807, 2.05) is 105 Å². The number of nitrogens with zero attached hydrogens (tertiary/aromatic N) is 2. The van der Waals surface area contributed by atoms with E-state index in [0.717, 1.165) is 27.3 Å². The average molecular weight is 536 g/mol. The molecule has 1 unspecified atom stereocenters. The van der Waals surface area contributed by atoms with Crippen molar-refractivity contribution >= 4 is 21.8 Å². The molecule has 0 bridgehead atoms. The van der Waals surface area contributed by atoms with Crippen LogP contribution in [0.1, 0.15) is 30.5 Å². The first-order valence-corrected chi connectivity index (χ1v) is 14.6. The second kappa shape index (κ2) is 13.9. The molecule has 38 heavy (non-hydrogen) atoms. The van der Waals surface area contributed by atoms with Crippen molar-refractivity contribution in [3.8, 4) is 0 Å². The van der Waals surface area contributed by atoms with E-state index >= 15 is 0 Å². The molecule has 3 aromatic rings. The van der Waals surface area contributed by atoms with Crippen molar-refractivity contribution in [2.45, 2.75) is 39.4 Å². The van der Waals surface area contributed by atoms with Gasteiger partial charge in [-0.3, -0.25) is 9.59 Å². The summed E-state index contributed by atoms with van der Waals surface area (Å²) in [6.45, 7) is 4.35. The Hall–Kier alpha value is -3.49. The lowest BCUT2D eigenvalue weighted by atomic mass is 10.0. The van der Waals surface area contributed by atoms with Crippen molar-refractivity contribution in [1.29, 1.82) is 0 Å². The number of rotatable bonds is 13. The molecule has 8 heteroatoms. The summed E-state index contributed by atoms with van der Waals surface area (Å²) in [5, 5.41) is 2.98. The molecule has 1 N–H and O–H groups in total. The van der Waals surface area contributed by atoms with Gasteiger partial charge in [0.2, 0.25) is 21.8 Å². The molecule has 0 aromatic heterocycles. The van der Waals surface area contributed by atoms with Crippen molar-refractivity contribution in [1.82, 2.24) is 14.5 Å². The Morgan fingerprint density at radius 1 is 0.763 bits per heavy atom. The summed E-state index contributed by atoms with van der Waals surface area (Å²) in [6.07, 6.45) is 1.41. The maximum absolute atomic E-state index is 13.9. The molecule has 0 saturated heterocycles. The van der Waals surface area contributed by atoms with Gasteiger partial charge >= 0.3 is 0 Å². The lowest BCUT2D eigenvalue weighted by Gasteiger charge is -2.33. The molecule has 0 fully saturated rings. The molecule has 0 heterocycles. The van der Waals surface area contributed by atoms with Crippen LogP contribution >= 0.6 is 0 Å². The van der Waals surface area contributed by atoms with E-state index in [-0.39, 0.29) is 31.5 Å². The zero-order chi connectivity index (χ0) is 27.5. The largest absolute Gasteiger partial charge is 0.354 e. The van der Waals surface area contributed by atoms with E-state index in [1.54, 1.807) is 0 Å². The lowest BCUT2D eigenvalue weighted by Crippen LogP contribution is -2.53. The van der Waals surface area contributed by atoms with Crippen LogP contribution in [0, 0.1) is 5.92 Å². The van der Waals surface area contributed by atoms with Crippen molar-refractivity contribution in [3.05, 3.63) is 108 Å². The molecule has 0 aliphatic heterocycles. The third-order valence-corrected chi connectivity index (χ3v) is 7.33. The van der Waals surface area contributed by atoms with Gasteiger partial charge in [-0.05, 0) is 22.6 Å². The second-order valence-corrected chi connectivity index (χ2v) is 11.9. The standard InChI is InChI=1S/C30H37N3O4S/c1-24(2)20-31-30(35)28(19-25-13-7-4-8-14-25)33(22-27-17-11-6-12-18-27)29(34)23-32(38(3,36)37)21-26-15-9-5-10-16-26/h4-18,24,28H,19-23H2,1-3H3,(H,31,35). The molecule has 7 nitrogen and oxygen atoms in total. The zero-order valence-corrected chi connectivity index (χ0v) is 23.1. The highest BCUT2D eigenvalue weighted by Gasteiger charge is 2.32. The van der Waals surface area contributed by atoms with E-state index in [4.69, 9.17) is 0 Å². The van der Waals surface area contributed by atoms with Crippen molar-refractivity contribution in [3.63, 3.8) is 0 Å². The lowest BCUT2D eigenvalue weighted by molar-refractivity contribution is -0.141. The Morgan fingerprint density at radius 2 is 1.24 bits per heavy atom. The van der Waals surface area contributed by atoms with Crippen LogP contribution in [-0.4, -0.2) is 54.8 Å². The van der Waals surface area contributed by atoms with Crippen LogP contribution in [0.4, 0.5) is 0 Å². The van der Waals surface area contributed by atoms with E-state index in [0.29, 0.717) is 13.0 Å². The molecule has 2 amide bonds. The van der Waals surface area contributed by atoms with Crippen LogP contribution in [0.15, 0.2) is 91.0 Å². The quantitative estimate of drug-likeness (QED) is 0.360. The fraction of sp³-hybridized carbons (Fsp3) is 0.333. The molecular formula is C30H37N3O4S. The maximum atomic E-state index is 13.9. The number of hydrogen-bond acceptors (Lipinski definition) is 4. The summed E-state index contributed by atoms with van der Waals surface area (Å²) in [5.41, 5.74) is 2.53. The number of amides is 2. The zero-order valence-electron chi connectivity index (χ0n) is 22.3. The number of hydrogen-bond donors (Lipinski definition) is 1. The fourth-order valence-corrected chi connectivity index (χ4v) is 4.80. The molecule has 3 rings (SSSR count). The summed E-state index contributed by atoms with van der Waals surface area (Å²) in [7, 11) is -3.71. The van der Waals surface area contributed by atoms with E-state index in [2.05, 4.69) is 5.32 Å². The van der Waals surface area contributed by atoms with Gasteiger partial charge < -0.3 is 10.2 Å². The molecular weight excluding hydrogens is 498 g/mol. The van der Waals surface area contributed by atoms with E-state index in [1.165, 1.54) is 4.90 Å². The highest BCUT2D eigenvalue weighted by Crippen LogP contribution is 2.17. The van der Waals surface area contributed by atoms with Crippen molar-refractivity contribution < 1.29 is 18.0 Å². The first-order valence-electron chi connectivity index (χ1n) is 12.8. The molecule has 3 aromatic carbocycles. The minimum atomic E-state index is -3.71. The predicted molar refractivity (Wildman–Crippen MR) is 150 cm³/mol. The van der Waals surface area contributed by atoms with E-state index in [9.17, 15) is 18.0 Å². The first kappa shape index (κ1) is 29.1. The van der Waals surface area contributed by atoms with Gasteiger partial charge in [0.15, 0.2) is 0 Å². The minimum Gasteiger partial charge on any atom is -0.354 e. The third kappa shape index (κ3) is 9.11. The van der Waals surface area contributed by atoms with Gasteiger partial charge in [-0.1, -0.05) is 105 Å². The average Bonchev–Trinajstić information content (AvgIpc) is 2.90. The Kier molecular flexibility index (Phi) is 10.6. The summed E-state index contributed by atoms with van der Waals surface area (Å²) >= 11 is 0. The normalized spacial score (nSPS) is 12.3. The topological polar surface area (TPSA) is 86.8 Å². The molecule has 0 saturated carbocycles. The summed E-state index contributed by atoms with van der Waals surface area (Å²) in [5.74, 6) is -0.460. The van der Waals surface area contributed by atoms with E-state index < -0.39 is 22.0 Å². The molecule has 0 aliphatic carbocycles.